The summed E-state index contributed by atoms with van der Waals surface area (Å²) in [6.07, 6.45) is 1.62. The minimum absolute atomic E-state index is 0. The van der Waals surface area contributed by atoms with E-state index in [1.807, 2.05) is 24.1 Å². The zero-order valence-electron chi connectivity index (χ0n) is 12.3. The van der Waals surface area contributed by atoms with E-state index < -0.39 is 6.10 Å². The molecule has 0 saturated carbocycles. The van der Waals surface area contributed by atoms with Crippen LogP contribution < -0.4 is 10.1 Å². The summed E-state index contributed by atoms with van der Waals surface area (Å²) in [6, 6.07) is 7.40. The number of halogens is 2. The van der Waals surface area contributed by atoms with Crippen LogP contribution in [0.1, 0.15) is 19.8 Å². The lowest BCUT2D eigenvalue weighted by atomic mass is 10.2. The van der Waals surface area contributed by atoms with Crippen molar-refractivity contribution >= 4 is 29.9 Å². The number of nitrogens with zero attached hydrogens (tertiary/aromatic N) is 1. The van der Waals surface area contributed by atoms with E-state index in [0.717, 1.165) is 25.9 Å². The average molecular weight is 333 g/mol. The third kappa shape index (κ3) is 4.77. The van der Waals surface area contributed by atoms with Crippen molar-refractivity contribution in [3.8, 4) is 5.75 Å². The fraction of sp³-hybridized carbons (Fsp3) is 0.533. The third-order valence-electron chi connectivity index (χ3n) is 3.56. The number of hydrogen-bond acceptors (Lipinski definition) is 3. The van der Waals surface area contributed by atoms with Crippen molar-refractivity contribution in [3.63, 3.8) is 0 Å². The molecule has 1 heterocycles. The average Bonchev–Trinajstić information content (AvgIpc) is 2.86. The Hall–Kier alpha value is -0.970. The molecule has 0 spiro atoms. The van der Waals surface area contributed by atoms with Crippen LogP contribution in [0.4, 0.5) is 0 Å². The molecule has 21 heavy (non-hydrogen) atoms. The van der Waals surface area contributed by atoms with Gasteiger partial charge < -0.3 is 15.0 Å². The van der Waals surface area contributed by atoms with Crippen molar-refractivity contribution in [1.82, 2.24) is 10.2 Å². The van der Waals surface area contributed by atoms with Gasteiger partial charge in [-0.2, -0.15) is 0 Å². The maximum atomic E-state index is 12.5. The first-order chi connectivity index (χ1) is 9.61. The van der Waals surface area contributed by atoms with E-state index in [9.17, 15) is 4.79 Å². The lowest BCUT2D eigenvalue weighted by Crippen LogP contribution is -2.46. The molecule has 2 rings (SSSR count). The standard InChI is InChI=1S/C15H21ClN2O2.ClH/c1-11(20-14-7-3-5-12(16)9-14)15(19)18-8-4-6-13(18)10-17-2;/h3,5,7,9,11,13,17H,4,6,8,10H2,1-2H3;1H. The minimum Gasteiger partial charge on any atom is -0.481 e. The molecule has 2 unspecified atom stereocenters. The summed E-state index contributed by atoms with van der Waals surface area (Å²) in [6.45, 7) is 3.43. The molecule has 0 radical (unpaired) electrons. The number of amides is 1. The van der Waals surface area contributed by atoms with Crippen LogP contribution in [0, 0.1) is 0 Å². The Kier molecular flexibility index (Phi) is 7.29. The second-order valence-corrected chi connectivity index (χ2v) is 5.54. The Morgan fingerprint density at radius 2 is 2.33 bits per heavy atom. The maximum Gasteiger partial charge on any atom is 0.263 e. The fourth-order valence-corrected chi connectivity index (χ4v) is 2.78. The minimum atomic E-state index is -0.495. The number of likely N-dealkylation sites (tertiary alicyclic amines) is 1. The normalized spacial score (nSPS) is 19.0. The van der Waals surface area contributed by atoms with Crippen LogP contribution in [0.25, 0.3) is 0 Å². The molecule has 1 fully saturated rings. The monoisotopic (exact) mass is 332 g/mol. The van der Waals surface area contributed by atoms with Gasteiger partial charge in [-0.25, -0.2) is 0 Å². The van der Waals surface area contributed by atoms with Gasteiger partial charge >= 0.3 is 0 Å². The van der Waals surface area contributed by atoms with Gasteiger partial charge in [-0.3, -0.25) is 4.79 Å². The topological polar surface area (TPSA) is 41.6 Å². The summed E-state index contributed by atoms with van der Waals surface area (Å²) in [5, 5.41) is 3.75. The van der Waals surface area contributed by atoms with Crippen molar-refractivity contribution in [3.05, 3.63) is 29.3 Å². The molecule has 118 valence electrons. The first-order valence-electron chi connectivity index (χ1n) is 6.99. The third-order valence-corrected chi connectivity index (χ3v) is 3.79. The molecule has 0 bridgehead atoms. The number of carbonyl (C=O) groups is 1. The Morgan fingerprint density at radius 1 is 1.57 bits per heavy atom. The molecule has 6 heteroatoms. The number of nitrogens with one attached hydrogen (secondary N) is 1. The van der Waals surface area contributed by atoms with Gasteiger partial charge in [-0.05, 0) is 45.0 Å². The number of hydrogen-bond donors (Lipinski definition) is 1. The summed E-state index contributed by atoms with van der Waals surface area (Å²) in [7, 11) is 1.91. The second kappa shape index (κ2) is 8.47. The van der Waals surface area contributed by atoms with Gasteiger partial charge in [-0.15, -0.1) is 12.4 Å². The van der Waals surface area contributed by atoms with Gasteiger partial charge in [0.25, 0.3) is 5.91 Å². The van der Waals surface area contributed by atoms with Gasteiger partial charge in [0.05, 0.1) is 0 Å². The lowest BCUT2D eigenvalue weighted by molar-refractivity contribution is -0.138. The summed E-state index contributed by atoms with van der Waals surface area (Å²) in [5.41, 5.74) is 0. The SMILES string of the molecule is CNCC1CCCN1C(=O)C(C)Oc1cccc(Cl)c1.Cl. The van der Waals surface area contributed by atoms with Crippen LogP contribution in [-0.4, -0.2) is 43.1 Å². The molecule has 0 aliphatic carbocycles. The quantitative estimate of drug-likeness (QED) is 0.901. The van der Waals surface area contributed by atoms with Gasteiger partial charge in [0.1, 0.15) is 5.75 Å². The van der Waals surface area contributed by atoms with Crippen molar-refractivity contribution < 1.29 is 9.53 Å². The van der Waals surface area contributed by atoms with Gasteiger partial charge in [0.2, 0.25) is 0 Å². The summed E-state index contributed by atoms with van der Waals surface area (Å²) >= 11 is 5.92. The van der Waals surface area contributed by atoms with E-state index in [-0.39, 0.29) is 24.4 Å². The smallest absolute Gasteiger partial charge is 0.263 e. The van der Waals surface area contributed by atoms with Crippen LogP contribution >= 0.6 is 24.0 Å². The Morgan fingerprint density at radius 3 is 3.00 bits per heavy atom. The molecule has 2 atom stereocenters. The first-order valence-corrected chi connectivity index (χ1v) is 7.37. The van der Waals surface area contributed by atoms with Gasteiger partial charge in [0.15, 0.2) is 6.10 Å². The highest BCUT2D eigenvalue weighted by atomic mass is 35.5. The summed E-state index contributed by atoms with van der Waals surface area (Å²) < 4.78 is 5.70. The van der Waals surface area contributed by atoms with Crippen LogP contribution in [0.5, 0.6) is 5.75 Å². The molecule has 0 aromatic heterocycles. The highest BCUT2D eigenvalue weighted by Crippen LogP contribution is 2.21. The van der Waals surface area contributed by atoms with E-state index in [1.165, 1.54) is 0 Å². The second-order valence-electron chi connectivity index (χ2n) is 5.10. The fourth-order valence-electron chi connectivity index (χ4n) is 2.60. The van der Waals surface area contributed by atoms with Crippen molar-refractivity contribution in [2.24, 2.45) is 0 Å². The molecule has 1 aromatic carbocycles. The molecule has 1 aliphatic rings. The predicted molar refractivity (Wildman–Crippen MR) is 87.5 cm³/mol. The van der Waals surface area contributed by atoms with Crippen LogP contribution in [0.3, 0.4) is 0 Å². The molecular weight excluding hydrogens is 311 g/mol. The number of rotatable bonds is 5. The maximum absolute atomic E-state index is 12.5. The molecule has 1 aliphatic heterocycles. The number of carbonyl (C=O) groups excluding carboxylic acids is 1. The van der Waals surface area contributed by atoms with E-state index in [2.05, 4.69) is 5.32 Å². The van der Waals surface area contributed by atoms with Crippen molar-refractivity contribution in [2.75, 3.05) is 20.1 Å². The van der Waals surface area contributed by atoms with Crippen molar-refractivity contribution in [1.29, 1.82) is 0 Å². The largest absolute Gasteiger partial charge is 0.481 e. The highest BCUT2D eigenvalue weighted by molar-refractivity contribution is 6.30. The summed E-state index contributed by atoms with van der Waals surface area (Å²) in [4.78, 5) is 14.4. The predicted octanol–water partition coefficient (Wildman–Crippen LogP) is 2.74. The van der Waals surface area contributed by atoms with Gasteiger partial charge in [0, 0.05) is 24.2 Å². The van der Waals surface area contributed by atoms with Crippen LogP contribution in [0.15, 0.2) is 24.3 Å². The molecule has 4 nitrogen and oxygen atoms in total. The molecule has 1 saturated heterocycles. The molecular formula is C15H22Cl2N2O2. The van der Waals surface area contributed by atoms with Crippen LogP contribution in [-0.2, 0) is 4.79 Å². The van der Waals surface area contributed by atoms with Crippen molar-refractivity contribution in [2.45, 2.75) is 31.9 Å². The Balaban J connectivity index is 0.00000220. The van der Waals surface area contributed by atoms with E-state index in [0.29, 0.717) is 10.8 Å². The number of benzene rings is 1. The summed E-state index contributed by atoms with van der Waals surface area (Å²) in [5.74, 6) is 0.672. The molecule has 1 N–H and O–H groups in total. The van der Waals surface area contributed by atoms with Gasteiger partial charge in [-0.1, -0.05) is 17.7 Å². The lowest BCUT2D eigenvalue weighted by Gasteiger charge is -2.27. The van der Waals surface area contributed by atoms with E-state index in [1.54, 1.807) is 19.1 Å². The zero-order chi connectivity index (χ0) is 14.5. The Labute approximate surface area is 137 Å². The van der Waals surface area contributed by atoms with E-state index >= 15 is 0 Å². The number of likely N-dealkylation sites (N-methyl/N-ethyl adjacent to an activating group) is 1. The first kappa shape index (κ1) is 18.1. The van der Waals surface area contributed by atoms with Crippen LogP contribution in [0.2, 0.25) is 5.02 Å². The number of ether oxygens (including phenoxy) is 1. The molecule has 1 aromatic rings. The Bertz CT molecular complexity index is 471. The zero-order valence-corrected chi connectivity index (χ0v) is 13.9. The van der Waals surface area contributed by atoms with E-state index in [4.69, 9.17) is 16.3 Å². The molecule has 1 amide bonds. The highest BCUT2D eigenvalue weighted by Gasteiger charge is 2.31.